The summed E-state index contributed by atoms with van der Waals surface area (Å²) < 4.78 is 1.08. The summed E-state index contributed by atoms with van der Waals surface area (Å²) in [5, 5.41) is 9.47. The Bertz CT molecular complexity index is 640. The fraction of sp³-hybridized carbons (Fsp3) is 0.267. The molecule has 2 heterocycles. The lowest BCUT2D eigenvalue weighted by atomic mass is 9.94. The minimum absolute atomic E-state index is 0.439. The average molecular weight is 352 g/mol. The second-order valence-corrected chi connectivity index (χ2v) is 7.49. The summed E-state index contributed by atoms with van der Waals surface area (Å²) in [6.45, 7) is 1.38. The molecule has 0 saturated heterocycles. The molecule has 0 radical (unpaired) electrons. The molecular weight excluding hydrogens is 338 g/mol. The van der Waals surface area contributed by atoms with Crippen LogP contribution in [0.3, 0.4) is 0 Å². The van der Waals surface area contributed by atoms with Gasteiger partial charge in [0.05, 0.1) is 3.79 Å². The fourth-order valence-electron chi connectivity index (χ4n) is 2.62. The molecule has 0 aliphatic carbocycles. The first-order valence-corrected chi connectivity index (χ1v) is 8.02. The van der Waals surface area contributed by atoms with Crippen LogP contribution in [0.2, 0.25) is 0 Å². The molecule has 1 N–H and O–H groups in total. The molecule has 0 amide bonds. The van der Waals surface area contributed by atoms with Crippen LogP contribution in [0.15, 0.2) is 40.2 Å². The zero-order valence-corrected chi connectivity index (χ0v) is 13.2. The SMILES string of the molecule is O=C(O)C1Cc2ccccc2CN1Cc1ccc(Br)s1. The van der Waals surface area contributed by atoms with Crippen molar-refractivity contribution in [3.8, 4) is 0 Å². The largest absolute Gasteiger partial charge is 0.480 e. The van der Waals surface area contributed by atoms with E-state index in [0.29, 0.717) is 19.5 Å². The predicted molar refractivity (Wildman–Crippen MR) is 82.8 cm³/mol. The number of thiophene rings is 1. The van der Waals surface area contributed by atoms with E-state index in [1.165, 1.54) is 10.4 Å². The van der Waals surface area contributed by atoms with Crippen molar-refractivity contribution in [3.05, 3.63) is 56.2 Å². The summed E-state index contributed by atoms with van der Waals surface area (Å²) in [5.41, 5.74) is 2.39. The van der Waals surface area contributed by atoms with Gasteiger partial charge in [0, 0.05) is 18.0 Å². The Morgan fingerprint density at radius 1 is 1.30 bits per heavy atom. The Hall–Kier alpha value is -1.17. The van der Waals surface area contributed by atoms with Gasteiger partial charge < -0.3 is 5.11 Å². The number of benzene rings is 1. The molecule has 104 valence electrons. The molecule has 1 atom stereocenters. The summed E-state index contributed by atoms with van der Waals surface area (Å²) >= 11 is 5.11. The Balaban J connectivity index is 1.86. The maximum absolute atomic E-state index is 11.5. The normalized spacial score (nSPS) is 18.8. The van der Waals surface area contributed by atoms with Gasteiger partial charge in [0.1, 0.15) is 6.04 Å². The first-order valence-electron chi connectivity index (χ1n) is 6.41. The van der Waals surface area contributed by atoms with Crippen LogP contribution < -0.4 is 0 Å². The second-order valence-electron chi connectivity index (χ2n) is 4.94. The van der Waals surface area contributed by atoms with Crippen LogP contribution in [0.4, 0.5) is 0 Å². The third kappa shape index (κ3) is 2.80. The van der Waals surface area contributed by atoms with Gasteiger partial charge in [-0.25, -0.2) is 0 Å². The monoisotopic (exact) mass is 351 g/mol. The molecule has 20 heavy (non-hydrogen) atoms. The van der Waals surface area contributed by atoms with Crippen LogP contribution in [0.5, 0.6) is 0 Å². The number of carboxylic acids is 1. The quantitative estimate of drug-likeness (QED) is 0.919. The third-order valence-corrected chi connectivity index (χ3v) is 5.23. The zero-order valence-electron chi connectivity index (χ0n) is 10.8. The molecule has 0 bridgehead atoms. The van der Waals surface area contributed by atoms with E-state index in [9.17, 15) is 9.90 Å². The number of carboxylic acid groups (broad SMARTS) is 1. The molecule has 3 rings (SSSR count). The molecule has 0 saturated carbocycles. The number of halogens is 1. The summed E-state index contributed by atoms with van der Waals surface area (Å²) in [7, 11) is 0. The summed E-state index contributed by atoms with van der Waals surface area (Å²) in [6, 6.07) is 11.7. The second kappa shape index (κ2) is 5.68. The first-order chi connectivity index (χ1) is 9.63. The van der Waals surface area contributed by atoms with Crippen molar-refractivity contribution in [1.82, 2.24) is 4.90 Å². The highest BCUT2D eigenvalue weighted by atomic mass is 79.9. The summed E-state index contributed by atoms with van der Waals surface area (Å²) in [4.78, 5) is 14.7. The summed E-state index contributed by atoms with van der Waals surface area (Å²) in [6.07, 6.45) is 0.581. The van der Waals surface area contributed by atoms with Gasteiger partial charge in [0.25, 0.3) is 0 Å². The number of nitrogens with zero attached hydrogens (tertiary/aromatic N) is 1. The highest BCUT2D eigenvalue weighted by Crippen LogP contribution is 2.28. The van der Waals surface area contributed by atoms with E-state index in [4.69, 9.17) is 0 Å². The van der Waals surface area contributed by atoms with Gasteiger partial charge in [-0.15, -0.1) is 11.3 Å². The number of carbonyl (C=O) groups is 1. The lowest BCUT2D eigenvalue weighted by Crippen LogP contribution is -2.44. The predicted octanol–water partition coefficient (Wildman–Crippen LogP) is 3.52. The maximum atomic E-state index is 11.5. The molecule has 2 aromatic rings. The number of fused-ring (bicyclic) bond motifs is 1. The Kier molecular flexibility index (Phi) is 3.92. The fourth-order valence-corrected chi connectivity index (χ4v) is 4.13. The highest BCUT2D eigenvalue weighted by molar-refractivity contribution is 9.11. The van der Waals surface area contributed by atoms with Crippen molar-refractivity contribution in [2.24, 2.45) is 0 Å². The van der Waals surface area contributed by atoms with Crippen molar-refractivity contribution >= 4 is 33.2 Å². The van der Waals surface area contributed by atoms with Crippen LogP contribution in [0.25, 0.3) is 0 Å². The molecule has 0 fully saturated rings. The topological polar surface area (TPSA) is 40.5 Å². The molecule has 1 aliphatic heterocycles. The van der Waals surface area contributed by atoms with Crippen LogP contribution >= 0.6 is 27.3 Å². The van der Waals surface area contributed by atoms with Crippen molar-refractivity contribution in [2.45, 2.75) is 25.6 Å². The lowest BCUT2D eigenvalue weighted by Gasteiger charge is -2.34. The number of aliphatic carboxylic acids is 1. The standard InChI is InChI=1S/C15H14BrNO2S/c16-14-6-5-12(20-14)9-17-8-11-4-2-1-3-10(11)7-13(17)15(18)19/h1-6,13H,7-9H2,(H,18,19). The molecule has 5 heteroatoms. The van der Waals surface area contributed by atoms with Crippen molar-refractivity contribution in [3.63, 3.8) is 0 Å². The van der Waals surface area contributed by atoms with E-state index in [1.807, 2.05) is 35.2 Å². The smallest absolute Gasteiger partial charge is 0.321 e. The zero-order chi connectivity index (χ0) is 14.1. The highest BCUT2D eigenvalue weighted by Gasteiger charge is 2.31. The van der Waals surface area contributed by atoms with Crippen LogP contribution in [0.1, 0.15) is 16.0 Å². The van der Waals surface area contributed by atoms with Gasteiger partial charge in [-0.2, -0.15) is 0 Å². The van der Waals surface area contributed by atoms with E-state index in [-0.39, 0.29) is 0 Å². The minimum Gasteiger partial charge on any atom is -0.480 e. The van der Waals surface area contributed by atoms with Crippen molar-refractivity contribution in [2.75, 3.05) is 0 Å². The van der Waals surface area contributed by atoms with E-state index in [0.717, 1.165) is 9.35 Å². The van der Waals surface area contributed by atoms with Crippen molar-refractivity contribution < 1.29 is 9.90 Å². The number of hydrogen-bond acceptors (Lipinski definition) is 3. The molecule has 1 aromatic heterocycles. The Morgan fingerprint density at radius 2 is 2.05 bits per heavy atom. The van der Waals surface area contributed by atoms with Gasteiger partial charge in [-0.3, -0.25) is 9.69 Å². The van der Waals surface area contributed by atoms with Gasteiger partial charge >= 0.3 is 5.97 Å². The van der Waals surface area contributed by atoms with Gasteiger partial charge in [0.15, 0.2) is 0 Å². The van der Waals surface area contributed by atoms with E-state index < -0.39 is 12.0 Å². The number of hydrogen-bond donors (Lipinski definition) is 1. The lowest BCUT2D eigenvalue weighted by molar-refractivity contribution is -0.144. The third-order valence-electron chi connectivity index (χ3n) is 3.62. The van der Waals surface area contributed by atoms with Crippen molar-refractivity contribution in [1.29, 1.82) is 0 Å². The van der Waals surface area contributed by atoms with E-state index in [2.05, 4.69) is 22.0 Å². The van der Waals surface area contributed by atoms with Crippen LogP contribution in [-0.2, 0) is 24.3 Å². The molecule has 0 spiro atoms. The molecule has 1 unspecified atom stereocenters. The number of rotatable bonds is 3. The van der Waals surface area contributed by atoms with Gasteiger partial charge in [0.2, 0.25) is 0 Å². The summed E-state index contributed by atoms with van der Waals surface area (Å²) in [5.74, 6) is -0.741. The average Bonchev–Trinajstić information content (AvgIpc) is 2.83. The minimum atomic E-state index is -0.741. The van der Waals surface area contributed by atoms with Crippen LogP contribution in [0, 0.1) is 0 Å². The van der Waals surface area contributed by atoms with Gasteiger partial charge in [-0.1, -0.05) is 24.3 Å². The Morgan fingerprint density at radius 3 is 2.70 bits per heavy atom. The Labute approximate surface area is 130 Å². The van der Waals surface area contributed by atoms with Gasteiger partial charge in [-0.05, 0) is 45.6 Å². The molecule has 1 aromatic carbocycles. The molecule has 1 aliphatic rings. The molecule has 3 nitrogen and oxygen atoms in total. The molecular formula is C15H14BrNO2S. The van der Waals surface area contributed by atoms with Crippen LogP contribution in [-0.4, -0.2) is 22.0 Å². The van der Waals surface area contributed by atoms with E-state index >= 15 is 0 Å². The van der Waals surface area contributed by atoms with E-state index in [1.54, 1.807) is 11.3 Å². The maximum Gasteiger partial charge on any atom is 0.321 e. The first kappa shape index (κ1) is 13.8.